The van der Waals surface area contributed by atoms with Gasteiger partial charge in [-0.05, 0) is 0 Å². The van der Waals surface area contributed by atoms with Gasteiger partial charge in [0.05, 0.1) is 77.8 Å². The van der Waals surface area contributed by atoms with E-state index in [9.17, 15) is 0 Å². The van der Waals surface area contributed by atoms with E-state index in [1.807, 2.05) is 12.1 Å². The summed E-state index contributed by atoms with van der Waals surface area (Å²) in [4.78, 5) is 0. The van der Waals surface area contributed by atoms with Crippen LogP contribution >= 0.6 is 0 Å². The second-order valence-electron chi connectivity index (χ2n) is 3.10. The molecule has 0 aromatic carbocycles. The first-order chi connectivity index (χ1) is 9.33. The van der Waals surface area contributed by atoms with E-state index in [0.717, 1.165) is 0 Å². The fourth-order valence-electron chi connectivity index (χ4n) is 0.789. The lowest BCUT2D eigenvalue weighted by Crippen LogP contribution is -2.09. The summed E-state index contributed by atoms with van der Waals surface area (Å²) in [6, 6.07) is 3.87. The van der Waals surface area contributed by atoms with Crippen LogP contribution in [0.15, 0.2) is 0 Å². The van der Waals surface area contributed by atoms with Crippen molar-refractivity contribution in [3.63, 3.8) is 0 Å². The molecule has 0 aromatic rings. The topological polar surface area (TPSA) is 116 Å². The maximum absolute atomic E-state index is 8.26. The van der Waals surface area contributed by atoms with E-state index in [0.29, 0.717) is 52.5 Å². The maximum atomic E-state index is 8.26. The van der Waals surface area contributed by atoms with Gasteiger partial charge in [-0.3, -0.25) is 0 Å². The van der Waals surface area contributed by atoms with Crippen molar-refractivity contribution < 1.29 is 24.4 Å². The molecule has 19 heavy (non-hydrogen) atoms. The first-order valence-corrected chi connectivity index (χ1v) is 6.02. The lowest BCUT2D eigenvalue weighted by molar-refractivity contribution is 0.0222. The summed E-state index contributed by atoms with van der Waals surface area (Å²) in [6.07, 6.45) is 0.816. The van der Waals surface area contributed by atoms with E-state index in [-0.39, 0.29) is 13.2 Å². The lowest BCUT2D eigenvalue weighted by Gasteiger charge is -2.01. The second kappa shape index (κ2) is 22.0. The predicted molar refractivity (Wildman–Crippen MR) is 67.1 cm³/mol. The molecule has 0 heterocycles. The molecule has 7 heteroatoms. The van der Waals surface area contributed by atoms with E-state index < -0.39 is 0 Å². The summed E-state index contributed by atoms with van der Waals surface area (Å²) in [5.74, 6) is 0. The smallest absolute Gasteiger partial charge is 0.0701 e. The molecule has 0 spiro atoms. The van der Waals surface area contributed by atoms with E-state index in [1.165, 1.54) is 0 Å². The SMILES string of the molecule is N#CCCOCCC#N.OCCOCCOCCO. The highest BCUT2D eigenvalue weighted by molar-refractivity contribution is 4.69. The van der Waals surface area contributed by atoms with Crippen LogP contribution in [0.2, 0.25) is 0 Å². The van der Waals surface area contributed by atoms with Gasteiger partial charge >= 0.3 is 0 Å². The molecule has 0 atom stereocenters. The van der Waals surface area contributed by atoms with Crippen LogP contribution in [0.25, 0.3) is 0 Å². The van der Waals surface area contributed by atoms with Crippen molar-refractivity contribution in [3.05, 3.63) is 0 Å². The van der Waals surface area contributed by atoms with Crippen molar-refractivity contribution in [1.29, 1.82) is 10.5 Å². The fraction of sp³-hybridized carbons (Fsp3) is 0.833. The molecule has 0 aliphatic rings. The van der Waals surface area contributed by atoms with Gasteiger partial charge in [-0.25, -0.2) is 0 Å². The third kappa shape index (κ3) is 26.4. The second-order valence-corrected chi connectivity index (χ2v) is 3.10. The molecule has 0 aromatic heterocycles. The Hall–Kier alpha value is -1.22. The highest BCUT2D eigenvalue weighted by Crippen LogP contribution is 1.82. The summed E-state index contributed by atoms with van der Waals surface area (Å²) in [7, 11) is 0. The largest absolute Gasteiger partial charge is 0.394 e. The molecule has 0 aliphatic carbocycles. The van der Waals surface area contributed by atoms with Crippen LogP contribution in [-0.2, 0) is 14.2 Å². The molecule has 2 N–H and O–H groups in total. The first-order valence-electron chi connectivity index (χ1n) is 6.02. The molecule has 0 aliphatic heterocycles. The molecule has 0 radical (unpaired) electrons. The highest BCUT2D eigenvalue weighted by Gasteiger charge is 1.86. The number of aliphatic hydroxyl groups is 2. The fourth-order valence-corrected chi connectivity index (χ4v) is 0.789. The molecular formula is C12H22N2O5. The van der Waals surface area contributed by atoms with Gasteiger partial charge in [-0.1, -0.05) is 0 Å². The zero-order chi connectivity index (χ0) is 14.6. The third-order valence-electron chi connectivity index (χ3n) is 1.56. The number of aliphatic hydroxyl groups excluding tert-OH is 2. The van der Waals surface area contributed by atoms with Crippen LogP contribution in [0, 0.1) is 22.7 Å². The van der Waals surface area contributed by atoms with E-state index in [4.69, 9.17) is 34.9 Å². The van der Waals surface area contributed by atoms with Gasteiger partial charge in [0, 0.05) is 0 Å². The van der Waals surface area contributed by atoms with Crippen LogP contribution in [0.4, 0.5) is 0 Å². The third-order valence-corrected chi connectivity index (χ3v) is 1.56. The lowest BCUT2D eigenvalue weighted by atomic mass is 10.5. The molecule has 0 amide bonds. The van der Waals surface area contributed by atoms with Gasteiger partial charge < -0.3 is 24.4 Å². The molecule has 0 fully saturated rings. The van der Waals surface area contributed by atoms with Gasteiger partial charge in [0.25, 0.3) is 0 Å². The summed E-state index contributed by atoms with van der Waals surface area (Å²) in [5, 5.41) is 32.6. The van der Waals surface area contributed by atoms with Crippen molar-refractivity contribution in [1.82, 2.24) is 0 Å². The quantitative estimate of drug-likeness (QED) is 0.503. The van der Waals surface area contributed by atoms with Crippen LogP contribution in [-0.4, -0.2) is 63.1 Å². The van der Waals surface area contributed by atoms with Crippen LogP contribution in [0.1, 0.15) is 12.8 Å². The molecular weight excluding hydrogens is 252 g/mol. The average Bonchev–Trinajstić information content (AvgIpc) is 2.43. The van der Waals surface area contributed by atoms with Gasteiger partial charge in [0.1, 0.15) is 0 Å². The molecule has 0 rings (SSSR count). The van der Waals surface area contributed by atoms with Crippen molar-refractivity contribution in [2.75, 3.05) is 52.9 Å². The number of nitriles is 2. The Kier molecular flexibility index (Phi) is 23.3. The maximum Gasteiger partial charge on any atom is 0.0701 e. The Morgan fingerprint density at radius 3 is 1.32 bits per heavy atom. The van der Waals surface area contributed by atoms with Gasteiger partial charge in [0.15, 0.2) is 0 Å². The van der Waals surface area contributed by atoms with Crippen LogP contribution in [0.5, 0.6) is 0 Å². The van der Waals surface area contributed by atoms with Gasteiger partial charge in [-0.2, -0.15) is 10.5 Å². The molecule has 7 nitrogen and oxygen atoms in total. The minimum absolute atomic E-state index is 0.0417. The summed E-state index contributed by atoms with van der Waals surface area (Å²) >= 11 is 0. The van der Waals surface area contributed by atoms with Crippen molar-refractivity contribution >= 4 is 0 Å². The summed E-state index contributed by atoms with van der Waals surface area (Å²) in [6.45, 7) is 2.61. The predicted octanol–water partition coefficient (Wildman–Crippen LogP) is -0.165. The number of nitrogens with zero attached hydrogens (tertiary/aromatic N) is 2. The van der Waals surface area contributed by atoms with Gasteiger partial charge in [-0.15, -0.1) is 0 Å². The van der Waals surface area contributed by atoms with E-state index >= 15 is 0 Å². The van der Waals surface area contributed by atoms with Crippen LogP contribution in [0.3, 0.4) is 0 Å². The number of hydrogen-bond acceptors (Lipinski definition) is 7. The number of rotatable bonds is 11. The van der Waals surface area contributed by atoms with Crippen LogP contribution < -0.4 is 0 Å². The number of ether oxygens (including phenoxy) is 3. The van der Waals surface area contributed by atoms with Crippen molar-refractivity contribution in [2.45, 2.75) is 12.8 Å². The Morgan fingerprint density at radius 2 is 1.00 bits per heavy atom. The number of hydrogen-bond donors (Lipinski definition) is 2. The standard InChI is InChI=1S/C6H8N2O.C6H14O4/c7-3-1-5-9-6-2-4-8;7-1-3-9-5-6-10-4-2-8/h1-2,5-6H2;7-8H,1-6H2. The Labute approximate surface area is 113 Å². The molecule has 0 saturated heterocycles. The van der Waals surface area contributed by atoms with Crippen molar-refractivity contribution in [2.24, 2.45) is 0 Å². The average molecular weight is 274 g/mol. The highest BCUT2D eigenvalue weighted by atomic mass is 16.5. The molecule has 110 valence electrons. The minimum Gasteiger partial charge on any atom is -0.394 e. The zero-order valence-electron chi connectivity index (χ0n) is 11.1. The van der Waals surface area contributed by atoms with E-state index in [2.05, 4.69) is 0 Å². The Bertz CT molecular complexity index is 213. The first kappa shape index (κ1) is 20.1. The van der Waals surface area contributed by atoms with Crippen molar-refractivity contribution in [3.8, 4) is 12.1 Å². The molecule has 0 bridgehead atoms. The summed E-state index contributed by atoms with van der Waals surface area (Å²) < 4.78 is 14.6. The summed E-state index contributed by atoms with van der Waals surface area (Å²) in [5.41, 5.74) is 0. The monoisotopic (exact) mass is 274 g/mol. The van der Waals surface area contributed by atoms with E-state index in [1.54, 1.807) is 0 Å². The molecule has 0 saturated carbocycles. The Balaban J connectivity index is 0. The molecule has 0 unspecified atom stereocenters. The minimum atomic E-state index is 0.0417. The normalized spacial score (nSPS) is 9.05. The van der Waals surface area contributed by atoms with Gasteiger partial charge in [0.2, 0.25) is 0 Å². The Morgan fingerprint density at radius 1 is 0.632 bits per heavy atom. The zero-order valence-corrected chi connectivity index (χ0v) is 11.1.